The Kier molecular flexibility index (Phi) is 7.17. The summed E-state index contributed by atoms with van der Waals surface area (Å²) in [4.78, 5) is 23.0. The maximum Gasteiger partial charge on any atom is 0.333 e. The molecule has 138 valence electrons. The van der Waals surface area contributed by atoms with Crippen molar-refractivity contribution in [2.45, 2.75) is 25.5 Å². The van der Waals surface area contributed by atoms with Crippen molar-refractivity contribution in [1.82, 2.24) is 5.32 Å². The van der Waals surface area contributed by atoms with Crippen LogP contribution in [0, 0.1) is 0 Å². The van der Waals surface area contributed by atoms with Crippen LogP contribution in [0.4, 0.5) is 0 Å². The lowest BCUT2D eigenvalue weighted by molar-refractivity contribution is -0.148. The predicted octanol–water partition coefficient (Wildman–Crippen LogP) is 2.58. The highest BCUT2D eigenvalue weighted by molar-refractivity contribution is 5.78. The summed E-state index contributed by atoms with van der Waals surface area (Å²) >= 11 is 0. The van der Waals surface area contributed by atoms with Gasteiger partial charge in [0, 0.05) is 13.5 Å². The predicted molar refractivity (Wildman–Crippen MR) is 97.1 cm³/mol. The normalized spacial score (nSPS) is 12.8. The molecule has 0 aliphatic heterocycles. The summed E-state index contributed by atoms with van der Waals surface area (Å²) in [6.07, 6.45) is -0.617. The molecule has 2 aromatic carbocycles. The molecular formula is C20H23NO5. The Morgan fingerprint density at radius 2 is 1.73 bits per heavy atom. The number of hydrogen-bond acceptors (Lipinski definition) is 4. The molecule has 0 saturated heterocycles. The maximum atomic E-state index is 12.0. The van der Waals surface area contributed by atoms with Gasteiger partial charge in [-0.05, 0) is 30.2 Å². The van der Waals surface area contributed by atoms with E-state index in [0.29, 0.717) is 5.75 Å². The zero-order valence-electron chi connectivity index (χ0n) is 14.8. The molecule has 2 N–H and O–H groups in total. The largest absolute Gasteiger partial charge is 0.484 e. The zero-order chi connectivity index (χ0) is 18.9. The molecule has 0 fully saturated rings. The summed E-state index contributed by atoms with van der Waals surface area (Å²) in [6.45, 7) is 1.82. The van der Waals surface area contributed by atoms with Gasteiger partial charge in [0.1, 0.15) is 5.75 Å². The van der Waals surface area contributed by atoms with E-state index in [0.717, 1.165) is 11.1 Å². The van der Waals surface area contributed by atoms with Gasteiger partial charge < -0.3 is 19.9 Å². The third-order valence-electron chi connectivity index (χ3n) is 3.95. The van der Waals surface area contributed by atoms with Gasteiger partial charge in [-0.3, -0.25) is 4.79 Å². The average molecular weight is 357 g/mol. The van der Waals surface area contributed by atoms with Crippen molar-refractivity contribution in [2.75, 3.05) is 13.7 Å². The van der Waals surface area contributed by atoms with Crippen LogP contribution in [0.1, 0.15) is 24.1 Å². The van der Waals surface area contributed by atoms with E-state index in [1.165, 1.54) is 7.11 Å². The van der Waals surface area contributed by atoms with Gasteiger partial charge in [-0.25, -0.2) is 4.79 Å². The van der Waals surface area contributed by atoms with Crippen molar-refractivity contribution in [3.05, 3.63) is 65.7 Å². The third kappa shape index (κ3) is 5.89. The molecule has 0 bridgehead atoms. The van der Waals surface area contributed by atoms with Crippen molar-refractivity contribution in [1.29, 1.82) is 0 Å². The van der Waals surface area contributed by atoms with Crippen LogP contribution in [0.5, 0.6) is 5.75 Å². The highest BCUT2D eigenvalue weighted by Gasteiger charge is 2.16. The smallest absolute Gasteiger partial charge is 0.333 e. The Bertz CT molecular complexity index is 715. The molecule has 6 heteroatoms. The summed E-state index contributed by atoms with van der Waals surface area (Å²) in [5.41, 5.74) is 1.84. The molecule has 2 aromatic rings. The number of amides is 1. The third-order valence-corrected chi connectivity index (χ3v) is 3.95. The number of rotatable bonds is 9. The minimum atomic E-state index is -1.00. The van der Waals surface area contributed by atoms with Crippen LogP contribution in [-0.4, -0.2) is 36.8 Å². The second-order valence-electron chi connectivity index (χ2n) is 5.90. The number of carboxylic acids is 1. The van der Waals surface area contributed by atoms with E-state index >= 15 is 0 Å². The van der Waals surface area contributed by atoms with Crippen molar-refractivity contribution in [3.8, 4) is 5.75 Å². The molecule has 0 aromatic heterocycles. The highest BCUT2D eigenvalue weighted by atomic mass is 16.5. The van der Waals surface area contributed by atoms with Crippen molar-refractivity contribution >= 4 is 11.9 Å². The first kappa shape index (κ1) is 19.5. The van der Waals surface area contributed by atoms with Gasteiger partial charge in [0.2, 0.25) is 0 Å². The Morgan fingerprint density at radius 1 is 1.08 bits per heavy atom. The summed E-state index contributed by atoms with van der Waals surface area (Å²) in [5.74, 6) is -0.673. The number of carbonyl (C=O) groups is 2. The molecule has 1 amide bonds. The van der Waals surface area contributed by atoms with Crippen LogP contribution in [0.15, 0.2) is 54.6 Å². The van der Waals surface area contributed by atoms with Gasteiger partial charge in [0.25, 0.3) is 5.91 Å². The number of carboxylic acid groups (broad SMARTS) is 1. The molecule has 0 radical (unpaired) electrons. The standard InChI is InChI=1S/C20H23NO5/c1-14(16-6-4-3-5-7-16)21-19(22)13-26-17-10-8-15(9-11-17)12-18(25-2)20(23)24/h3-11,14,18H,12-13H2,1-2H3,(H,21,22)(H,23,24)/t14-,18?/m0/s1. The van der Waals surface area contributed by atoms with Gasteiger partial charge in [-0.15, -0.1) is 0 Å². The van der Waals surface area contributed by atoms with Crippen LogP contribution >= 0.6 is 0 Å². The minimum absolute atomic E-state index is 0.0909. The first-order valence-electron chi connectivity index (χ1n) is 8.31. The van der Waals surface area contributed by atoms with Crippen LogP contribution in [0.2, 0.25) is 0 Å². The Balaban J connectivity index is 1.82. The van der Waals surface area contributed by atoms with Gasteiger partial charge in [0.05, 0.1) is 6.04 Å². The number of aliphatic carboxylic acids is 1. The molecule has 0 aliphatic carbocycles. The van der Waals surface area contributed by atoms with Gasteiger partial charge >= 0.3 is 5.97 Å². The number of methoxy groups -OCH3 is 1. The van der Waals surface area contributed by atoms with Crippen molar-refractivity contribution in [2.24, 2.45) is 0 Å². The summed E-state index contributed by atoms with van der Waals surface area (Å²) in [5, 5.41) is 11.9. The average Bonchev–Trinajstić information content (AvgIpc) is 2.65. The van der Waals surface area contributed by atoms with Crippen molar-refractivity contribution < 1.29 is 24.2 Å². The topological polar surface area (TPSA) is 84.9 Å². The number of benzene rings is 2. The fourth-order valence-corrected chi connectivity index (χ4v) is 2.46. The van der Waals surface area contributed by atoms with Gasteiger partial charge in [-0.2, -0.15) is 0 Å². The van der Waals surface area contributed by atoms with E-state index in [2.05, 4.69) is 5.32 Å². The Morgan fingerprint density at radius 3 is 2.31 bits per heavy atom. The first-order valence-corrected chi connectivity index (χ1v) is 8.31. The molecule has 0 aliphatic rings. The van der Waals surface area contributed by atoms with Crippen LogP contribution in [-0.2, 0) is 20.7 Å². The van der Waals surface area contributed by atoms with E-state index in [4.69, 9.17) is 14.6 Å². The highest BCUT2D eigenvalue weighted by Crippen LogP contribution is 2.15. The van der Waals surface area contributed by atoms with Gasteiger partial charge in [-0.1, -0.05) is 42.5 Å². The molecule has 0 spiro atoms. The molecule has 2 rings (SSSR count). The summed E-state index contributed by atoms with van der Waals surface area (Å²) in [6, 6.07) is 16.5. The van der Waals surface area contributed by atoms with Crippen LogP contribution < -0.4 is 10.1 Å². The molecule has 0 saturated carbocycles. The van der Waals surface area contributed by atoms with Crippen molar-refractivity contribution in [3.63, 3.8) is 0 Å². The van der Waals surface area contributed by atoms with Gasteiger partial charge in [0.15, 0.2) is 12.7 Å². The van der Waals surface area contributed by atoms with Crippen LogP contribution in [0.25, 0.3) is 0 Å². The minimum Gasteiger partial charge on any atom is -0.484 e. The number of ether oxygens (including phenoxy) is 2. The SMILES string of the molecule is COC(Cc1ccc(OCC(=O)N[C@@H](C)c2ccccc2)cc1)C(=O)O. The molecule has 1 unspecified atom stereocenters. The molecule has 2 atom stereocenters. The zero-order valence-corrected chi connectivity index (χ0v) is 14.8. The quantitative estimate of drug-likeness (QED) is 0.720. The fourth-order valence-electron chi connectivity index (χ4n) is 2.46. The second kappa shape index (κ2) is 9.58. The van der Waals surface area contributed by atoms with E-state index in [1.807, 2.05) is 37.3 Å². The summed E-state index contributed by atoms with van der Waals surface area (Å²) in [7, 11) is 1.37. The lowest BCUT2D eigenvalue weighted by Crippen LogP contribution is -2.31. The molecular weight excluding hydrogens is 334 g/mol. The molecule has 6 nitrogen and oxygen atoms in total. The first-order chi connectivity index (χ1) is 12.5. The lowest BCUT2D eigenvalue weighted by Gasteiger charge is -2.15. The number of carbonyl (C=O) groups excluding carboxylic acids is 1. The Labute approximate surface area is 152 Å². The van der Waals surface area contributed by atoms with E-state index in [1.54, 1.807) is 24.3 Å². The molecule has 26 heavy (non-hydrogen) atoms. The lowest BCUT2D eigenvalue weighted by atomic mass is 10.1. The Hall–Kier alpha value is -2.86. The van der Waals surface area contributed by atoms with E-state index < -0.39 is 12.1 Å². The van der Waals surface area contributed by atoms with E-state index in [9.17, 15) is 9.59 Å². The van der Waals surface area contributed by atoms with Crippen LogP contribution in [0.3, 0.4) is 0 Å². The number of hydrogen-bond donors (Lipinski definition) is 2. The monoisotopic (exact) mass is 357 g/mol. The fraction of sp³-hybridized carbons (Fsp3) is 0.300. The van der Waals surface area contributed by atoms with E-state index in [-0.39, 0.29) is 25.0 Å². The second-order valence-corrected chi connectivity index (χ2v) is 5.90. The molecule has 0 heterocycles. The maximum absolute atomic E-state index is 12.0. The summed E-state index contributed by atoms with van der Waals surface area (Å²) < 4.78 is 10.4. The number of nitrogens with one attached hydrogen (secondary N) is 1.